The van der Waals surface area contributed by atoms with E-state index in [0.29, 0.717) is 17.6 Å². The van der Waals surface area contributed by atoms with Gasteiger partial charge < -0.3 is 4.57 Å². The molecule has 0 amide bonds. The van der Waals surface area contributed by atoms with Gasteiger partial charge in [-0.25, -0.2) is 0 Å². The Morgan fingerprint density at radius 3 is 2.94 bits per heavy atom. The third-order valence-electron chi connectivity index (χ3n) is 3.29. The highest BCUT2D eigenvalue weighted by atomic mass is 16.1. The van der Waals surface area contributed by atoms with E-state index in [9.17, 15) is 4.79 Å². The predicted octanol–water partition coefficient (Wildman–Crippen LogP) is 3.52. The molecule has 0 saturated heterocycles. The lowest BCUT2D eigenvalue weighted by atomic mass is 10.1. The Hall–Kier alpha value is -1.05. The molecule has 16 heavy (non-hydrogen) atoms. The molecule has 1 unspecified atom stereocenters. The maximum Gasteiger partial charge on any atom is 0.167 e. The van der Waals surface area contributed by atoms with Gasteiger partial charge in [-0.1, -0.05) is 20.3 Å². The van der Waals surface area contributed by atoms with Crippen LogP contribution in [-0.4, -0.2) is 10.4 Å². The summed E-state index contributed by atoms with van der Waals surface area (Å²) in [7, 11) is 0. The maximum absolute atomic E-state index is 11.8. The van der Waals surface area contributed by atoms with Crippen molar-refractivity contribution in [3.8, 4) is 0 Å². The van der Waals surface area contributed by atoms with E-state index in [-0.39, 0.29) is 0 Å². The van der Waals surface area contributed by atoms with Crippen molar-refractivity contribution in [3.63, 3.8) is 0 Å². The Balaban J connectivity index is 1.93. The van der Waals surface area contributed by atoms with Gasteiger partial charge in [0.2, 0.25) is 0 Å². The fourth-order valence-electron chi connectivity index (χ4n) is 2.23. The summed E-state index contributed by atoms with van der Waals surface area (Å²) >= 11 is 0. The van der Waals surface area contributed by atoms with Crippen molar-refractivity contribution in [1.29, 1.82) is 0 Å². The van der Waals surface area contributed by atoms with E-state index in [4.69, 9.17) is 0 Å². The molecule has 2 rings (SSSR count). The maximum atomic E-state index is 11.8. The van der Waals surface area contributed by atoms with Crippen LogP contribution < -0.4 is 0 Å². The van der Waals surface area contributed by atoms with E-state index in [2.05, 4.69) is 18.4 Å². The Morgan fingerprint density at radius 1 is 1.56 bits per heavy atom. The summed E-state index contributed by atoms with van der Waals surface area (Å²) in [6, 6.07) is 1.97. The smallest absolute Gasteiger partial charge is 0.167 e. The number of hydrogen-bond acceptors (Lipinski definition) is 1. The average Bonchev–Trinajstić information content (AvgIpc) is 2.99. The summed E-state index contributed by atoms with van der Waals surface area (Å²) in [5.74, 6) is 1.38. The van der Waals surface area contributed by atoms with Crippen LogP contribution in [0.2, 0.25) is 0 Å². The van der Waals surface area contributed by atoms with Gasteiger partial charge in [-0.05, 0) is 31.2 Å². The van der Waals surface area contributed by atoms with Crippen LogP contribution in [0.15, 0.2) is 18.5 Å². The van der Waals surface area contributed by atoms with Gasteiger partial charge in [0.05, 0.1) is 0 Å². The van der Waals surface area contributed by atoms with Gasteiger partial charge in [-0.2, -0.15) is 0 Å². The van der Waals surface area contributed by atoms with Crippen molar-refractivity contribution in [3.05, 3.63) is 24.0 Å². The topological polar surface area (TPSA) is 22.0 Å². The minimum atomic E-state index is 0.337. The molecule has 1 saturated carbocycles. The van der Waals surface area contributed by atoms with Crippen LogP contribution in [0.3, 0.4) is 0 Å². The molecule has 1 aliphatic carbocycles. The van der Waals surface area contributed by atoms with Crippen LogP contribution in [0.4, 0.5) is 0 Å². The Labute approximate surface area is 97.7 Å². The van der Waals surface area contributed by atoms with E-state index in [1.165, 1.54) is 12.8 Å². The molecule has 0 bridgehead atoms. The van der Waals surface area contributed by atoms with Gasteiger partial charge in [0.15, 0.2) is 5.78 Å². The lowest BCUT2D eigenvalue weighted by Crippen LogP contribution is -2.06. The number of rotatable bonds is 6. The van der Waals surface area contributed by atoms with Gasteiger partial charge in [-0.15, -0.1) is 0 Å². The molecule has 1 aromatic rings. The summed E-state index contributed by atoms with van der Waals surface area (Å²) in [6.07, 6.45) is 8.74. The van der Waals surface area contributed by atoms with Crippen LogP contribution >= 0.6 is 0 Å². The fourth-order valence-corrected chi connectivity index (χ4v) is 2.23. The van der Waals surface area contributed by atoms with Crippen molar-refractivity contribution in [2.45, 2.75) is 46.1 Å². The highest BCUT2D eigenvalue weighted by Crippen LogP contribution is 2.32. The third-order valence-corrected chi connectivity index (χ3v) is 3.29. The molecule has 1 atom stereocenters. The number of hydrogen-bond donors (Lipinski definition) is 0. The summed E-state index contributed by atoms with van der Waals surface area (Å²) in [5.41, 5.74) is 0.909. The lowest BCUT2D eigenvalue weighted by Gasteiger charge is -2.10. The largest absolute Gasteiger partial charge is 0.353 e. The van der Waals surface area contributed by atoms with Crippen molar-refractivity contribution in [1.82, 2.24) is 4.57 Å². The van der Waals surface area contributed by atoms with E-state index < -0.39 is 0 Å². The Bertz CT molecular complexity index is 363. The molecule has 1 heterocycles. The Kier molecular flexibility index (Phi) is 3.47. The number of ketones is 1. The first-order valence-corrected chi connectivity index (χ1v) is 6.40. The van der Waals surface area contributed by atoms with Crippen LogP contribution in [0.1, 0.15) is 49.9 Å². The molecule has 1 aromatic heterocycles. The normalized spacial score (nSPS) is 17.4. The number of carbonyl (C=O) groups excluding carboxylic acids is 1. The second-order valence-electron chi connectivity index (χ2n) is 5.13. The molecule has 2 heteroatoms. The third kappa shape index (κ3) is 2.75. The zero-order chi connectivity index (χ0) is 11.5. The highest BCUT2D eigenvalue weighted by molar-refractivity contribution is 5.99. The quantitative estimate of drug-likeness (QED) is 0.671. The minimum absolute atomic E-state index is 0.337. The first kappa shape index (κ1) is 11.4. The lowest BCUT2D eigenvalue weighted by molar-refractivity contribution is 0.0967. The number of carbonyl (C=O) groups is 1. The van der Waals surface area contributed by atoms with Gasteiger partial charge in [-0.3, -0.25) is 4.79 Å². The predicted molar refractivity (Wildman–Crippen MR) is 65.6 cm³/mol. The van der Waals surface area contributed by atoms with Crippen molar-refractivity contribution in [2.24, 2.45) is 11.8 Å². The number of Topliss-reactive ketones (excluding diaryl/α,β-unsaturated/α-hetero) is 1. The summed E-state index contributed by atoms with van der Waals surface area (Å²) in [6.45, 7) is 5.52. The summed E-state index contributed by atoms with van der Waals surface area (Å²) in [5, 5.41) is 0. The van der Waals surface area contributed by atoms with Crippen molar-refractivity contribution in [2.75, 3.05) is 0 Å². The molecular weight excluding hydrogens is 198 g/mol. The van der Waals surface area contributed by atoms with E-state index in [1.54, 1.807) is 0 Å². The first-order chi connectivity index (χ1) is 7.70. The van der Waals surface area contributed by atoms with Crippen LogP contribution in [0, 0.1) is 11.8 Å². The molecule has 0 aromatic carbocycles. The number of aromatic nitrogens is 1. The van der Waals surface area contributed by atoms with Crippen LogP contribution in [0.25, 0.3) is 0 Å². The highest BCUT2D eigenvalue weighted by Gasteiger charge is 2.30. The molecular formula is C14H21NO. The monoisotopic (exact) mass is 219 g/mol. The molecule has 2 nitrogen and oxygen atoms in total. The van der Waals surface area contributed by atoms with Crippen molar-refractivity contribution >= 4 is 5.78 Å². The zero-order valence-electron chi connectivity index (χ0n) is 10.3. The van der Waals surface area contributed by atoms with Gasteiger partial charge in [0, 0.05) is 30.4 Å². The van der Waals surface area contributed by atoms with E-state index in [1.807, 2.05) is 18.5 Å². The van der Waals surface area contributed by atoms with Gasteiger partial charge in [0.1, 0.15) is 0 Å². The zero-order valence-corrected chi connectivity index (χ0v) is 10.3. The van der Waals surface area contributed by atoms with E-state index >= 15 is 0 Å². The molecule has 1 fully saturated rings. The molecule has 0 aliphatic heterocycles. The first-order valence-electron chi connectivity index (χ1n) is 6.40. The summed E-state index contributed by atoms with van der Waals surface area (Å²) < 4.78 is 2.16. The van der Waals surface area contributed by atoms with Gasteiger partial charge >= 0.3 is 0 Å². The van der Waals surface area contributed by atoms with Gasteiger partial charge in [0.25, 0.3) is 0 Å². The average molecular weight is 219 g/mol. The SMILES string of the molecule is CCCC(C)Cn1ccc(C(=O)C2CC2)c1. The van der Waals surface area contributed by atoms with Crippen LogP contribution in [0.5, 0.6) is 0 Å². The second kappa shape index (κ2) is 4.86. The summed E-state index contributed by atoms with van der Waals surface area (Å²) in [4.78, 5) is 11.8. The molecule has 0 N–H and O–H groups in total. The molecule has 0 spiro atoms. The molecule has 1 aliphatic rings. The molecule has 0 radical (unpaired) electrons. The number of nitrogens with zero attached hydrogens (tertiary/aromatic N) is 1. The van der Waals surface area contributed by atoms with Crippen molar-refractivity contribution < 1.29 is 4.79 Å². The van der Waals surface area contributed by atoms with Crippen LogP contribution in [-0.2, 0) is 6.54 Å². The Morgan fingerprint density at radius 2 is 2.31 bits per heavy atom. The molecule has 88 valence electrons. The minimum Gasteiger partial charge on any atom is -0.353 e. The second-order valence-corrected chi connectivity index (χ2v) is 5.13. The van der Waals surface area contributed by atoms with E-state index in [0.717, 1.165) is 24.9 Å². The fraction of sp³-hybridized carbons (Fsp3) is 0.643. The standard InChI is InChI=1S/C14H21NO/c1-3-4-11(2)9-15-8-7-13(10-15)14(16)12-5-6-12/h7-8,10-12H,3-6,9H2,1-2H3.